The Labute approximate surface area is 124 Å². The van der Waals surface area contributed by atoms with Gasteiger partial charge in [-0.2, -0.15) is 0 Å². The summed E-state index contributed by atoms with van der Waals surface area (Å²) in [5.74, 6) is -1.58. The summed E-state index contributed by atoms with van der Waals surface area (Å²) in [4.78, 5) is 45.9. The standard InChI is InChI=1S/C13H24N4O4/c1-6-14-11(19)7(2)16-13(21)9(4)17-12(20)8(3)15-10(5)18/h7-9H,6H2,1-5H3,(H,14,19)(H,15,18)(H,16,21)(H,17,20)/t7-,8-,9-/m0/s1. The molecular weight excluding hydrogens is 276 g/mol. The summed E-state index contributed by atoms with van der Waals surface area (Å²) in [6.45, 7) is 8.11. The number of amides is 4. The maximum Gasteiger partial charge on any atom is 0.242 e. The molecule has 3 atom stereocenters. The van der Waals surface area contributed by atoms with Gasteiger partial charge in [0.2, 0.25) is 23.6 Å². The van der Waals surface area contributed by atoms with Crippen molar-refractivity contribution in [3.05, 3.63) is 0 Å². The Balaban J connectivity index is 4.36. The highest BCUT2D eigenvalue weighted by Crippen LogP contribution is 1.90. The largest absolute Gasteiger partial charge is 0.355 e. The smallest absolute Gasteiger partial charge is 0.242 e. The van der Waals surface area contributed by atoms with E-state index >= 15 is 0 Å². The molecule has 0 saturated carbocycles. The number of carbonyl (C=O) groups is 4. The van der Waals surface area contributed by atoms with E-state index in [1.54, 1.807) is 13.8 Å². The van der Waals surface area contributed by atoms with Crippen LogP contribution in [0.1, 0.15) is 34.6 Å². The molecule has 120 valence electrons. The van der Waals surface area contributed by atoms with Crippen LogP contribution < -0.4 is 21.3 Å². The maximum absolute atomic E-state index is 11.8. The fraction of sp³-hybridized carbons (Fsp3) is 0.692. The molecule has 0 radical (unpaired) electrons. The van der Waals surface area contributed by atoms with Crippen LogP contribution in [0, 0.1) is 0 Å². The third-order valence-electron chi connectivity index (χ3n) is 2.67. The van der Waals surface area contributed by atoms with E-state index in [1.165, 1.54) is 20.8 Å². The molecule has 4 N–H and O–H groups in total. The zero-order valence-electron chi connectivity index (χ0n) is 13.1. The van der Waals surface area contributed by atoms with Crippen molar-refractivity contribution in [1.82, 2.24) is 21.3 Å². The zero-order valence-corrected chi connectivity index (χ0v) is 13.1. The maximum atomic E-state index is 11.8. The normalized spacial score (nSPS) is 14.3. The highest BCUT2D eigenvalue weighted by Gasteiger charge is 2.22. The van der Waals surface area contributed by atoms with E-state index in [0.29, 0.717) is 6.54 Å². The van der Waals surface area contributed by atoms with Gasteiger partial charge in [-0.3, -0.25) is 19.2 Å². The van der Waals surface area contributed by atoms with Crippen molar-refractivity contribution in [3.8, 4) is 0 Å². The number of rotatable bonds is 7. The van der Waals surface area contributed by atoms with Gasteiger partial charge in [0.05, 0.1) is 0 Å². The molecule has 0 aliphatic heterocycles. The van der Waals surface area contributed by atoms with Crippen LogP contribution in [0.15, 0.2) is 0 Å². The lowest BCUT2D eigenvalue weighted by molar-refractivity contribution is -0.132. The Kier molecular flexibility index (Phi) is 8.03. The molecule has 0 spiro atoms. The topological polar surface area (TPSA) is 116 Å². The van der Waals surface area contributed by atoms with E-state index in [0.717, 1.165) is 0 Å². The Morgan fingerprint density at radius 3 is 1.52 bits per heavy atom. The quantitative estimate of drug-likeness (QED) is 0.465. The zero-order chi connectivity index (χ0) is 16.6. The lowest BCUT2D eigenvalue weighted by Gasteiger charge is -2.20. The molecule has 0 heterocycles. The van der Waals surface area contributed by atoms with Crippen molar-refractivity contribution < 1.29 is 19.2 Å². The number of likely N-dealkylation sites (N-methyl/N-ethyl adjacent to an activating group) is 1. The summed E-state index contributed by atoms with van der Waals surface area (Å²) in [7, 11) is 0. The van der Waals surface area contributed by atoms with Crippen LogP contribution in [0.4, 0.5) is 0 Å². The van der Waals surface area contributed by atoms with Gasteiger partial charge in [-0.05, 0) is 27.7 Å². The van der Waals surface area contributed by atoms with E-state index in [2.05, 4.69) is 21.3 Å². The SMILES string of the molecule is CCNC(=O)[C@H](C)NC(=O)[C@H](C)NC(=O)[C@H](C)NC(C)=O. The molecule has 0 fully saturated rings. The van der Waals surface area contributed by atoms with E-state index in [9.17, 15) is 19.2 Å². The first kappa shape index (κ1) is 18.9. The van der Waals surface area contributed by atoms with E-state index in [4.69, 9.17) is 0 Å². The van der Waals surface area contributed by atoms with Gasteiger partial charge in [-0.1, -0.05) is 0 Å². The van der Waals surface area contributed by atoms with E-state index < -0.39 is 29.9 Å². The number of hydrogen-bond acceptors (Lipinski definition) is 4. The average molecular weight is 300 g/mol. The predicted molar refractivity (Wildman–Crippen MR) is 77.2 cm³/mol. The van der Waals surface area contributed by atoms with Crippen molar-refractivity contribution >= 4 is 23.6 Å². The van der Waals surface area contributed by atoms with Gasteiger partial charge in [0.15, 0.2) is 0 Å². The first-order chi connectivity index (χ1) is 9.68. The van der Waals surface area contributed by atoms with Crippen LogP contribution in [0.25, 0.3) is 0 Å². The fourth-order valence-electron chi connectivity index (χ4n) is 1.51. The Bertz CT molecular complexity index is 411. The highest BCUT2D eigenvalue weighted by molar-refractivity contribution is 5.93. The fourth-order valence-corrected chi connectivity index (χ4v) is 1.51. The minimum atomic E-state index is -0.814. The summed E-state index contributed by atoms with van der Waals surface area (Å²) in [5.41, 5.74) is 0. The molecule has 0 aromatic heterocycles. The van der Waals surface area contributed by atoms with Crippen LogP contribution in [0.2, 0.25) is 0 Å². The minimum absolute atomic E-state index is 0.295. The average Bonchev–Trinajstić information content (AvgIpc) is 2.37. The van der Waals surface area contributed by atoms with E-state index in [1.807, 2.05) is 0 Å². The molecule has 0 bridgehead atoms. The lowest BCUT2D eigenvalue weighted by atomic mass is 10.2. The van der Waals surface area contributed by atoms with E-state index in [-0.39, 0.29) is 11.8 Å². The molecule has 0 aromatic carbocycles. The second-order valence-corrected chi connectivity index (χ2v) is 4.78. The molecule has 0 saturated heterocycles. The third-order valence-corrected chi connectivity index (χ3v) is 2.67. The van der Waals surface area contributed by atoms with Gasteiger partial charge >= 0.3 is 0 Å². The second kappa shape index (κ2) is 8.93. The summed E-state index contributed by atoms with van der Waals surface area (Å²) in [6.07, 6.45) is 0. The molecule has 0 aliphatic carbocycles. The molecule has 8 heteroatoms. The van der Waals surface area contributed by atoms with Crippen LogP contribution in [-0.4, -0.2) is 48.3 Å². The summed E-state index contributed by atoms with van der Waals surface area (Å²) in [5, 5.41) is 9.96. The van der Waals surface area contributed by atoms with Gasteiger partial charge in [-0.15, -0.1) is 0 Å². The van der Waals surface area contributed by atoms with Gasteiger partial charge in [0, 0.05) is 13.5 Å². The Morgan fingerprint density at radius 2 is 1.14 bits per heavy atom. The van der Waals surface area contributed by atoms with Gasteiger partial charge in [0.1, 0.15) is 18.1 Å². The van der Waals surface area contributed by atoms with Crippen molar-refractivity contribution in [2.45, 2.75) is 52.7 Å². The summed E-state index contributed by atoms with van der Waals surface area (Å²) >= 11 is 0. The Hall–Kier alpha value is -2.12. The second-order valence-electron chi connectivity index (χ2n) is 4.78. The molecule has 8 nitrogen and oxygen atoms in total. The van der Waals surface area contributed by atoms with Crippen molar-refractivity contribution in [2.24, 2.45) is 0 Å². The van der Waals surface area contributed by atoms with Crippen LogP contribution in [0.5, 0.6) is 0 Å². The minimum Gasteiger partial charge on any atom is -0.355 e. The molecule has 0 aliphatic rings. The predicted octanol–water partition coefficient (Wildman–Crippen LogP) is -1.34. The molecule has 0 rings (SSSR count). The number of nitrogens with one attached hydrogen (secondary N) is 4. The lowest BCUT2D eigenvalue weighted by Crippen LogP contribution is -2.54. The summed E-state index contributed by atoms with van der Waals surface area (Å²) < 4.78 is 0. The van der Waals surface area contributed by atoms with Crippen molar-refractivity contribution in [1.29, 1.82) is 0 Å². The van der Waals surface area contributed by atoms with Crippen molar-refractivity contribution in [3.63, 3.8) is 0 Å². The highest BCUT2D eigenvalue weighted by atomic mass is 16.2. The van der Waals surface area contributed by atoms with Gasteiger partial charge < -0.3 is 21.3 Å². The molecule has 4 amide bonds. The Morgan fingerprint density at radius 1 is 0.762 bits per heavy atom. The first-order valence-corrected chi connectivity index (χ1v) is 6.84. The van der Waals surface area contributed by atoms with Crippen LogP contribution in [-0.2, 0) is 19.2 Å². The van der Waals surface area contributed by atoms with Gasteiger partial charge in [0.25, 0.3) is 0 Å². The summed E-state index contributed by atoms with van der Waals surface area (Å²) in [6, 6.07) is -2.24. The monoisotopic (exact) mass is 300 g/mol. The van der Waals surface area contributed by atoms with Crippen molar-refractivity contribution in [2.75, 3.05) is 6.54 Å². The first-order valence-electron chi connectivity index (χ1n) is 6.84. The molecule has 21 heavy (non-hydrogen) atoms. The number of carbonyl (C=O) groups excluding carboxylic acids is 4. The molecule has 0 aromatic rings. The molecule has 0 unspecified atom stereocenters. The number of hydrogen-bond donors (Lipinski definition) is 4. The molecular formula is C13H24N4O4. The van der Waals surface area contributed by atoms with Crippen LogP contribution in [0.3, 0.4) is 0 Å². The van der Waals surface area contributed by atoms with Crippen LogP contribution >= 0.6 is 0 Å². The third kappa shape index (κ3) is 7.28. The van der Waals surface area contributed by atoms with Gasteiger partial charge in [-0.25, -0.2) is 0 Å².